The van der Waals surface area contributed by atoms with Crippen molar-refractivity contribution in [2.24, 2.45) is 11.1 Å². The van der Waals surface area contributed by atoms with Gasteiger partial charge in [0.1, 0.15) is 0 Å². The molecule has 10 heavy (non-hydrogen) atoms. The van der Waals surface area contributed by atoms with Gasteiger partial charge >= 0.3 is 0 Å². The van der Waals surface area contributed by atoms with Crippen LogP contribution in [0.5, 0.6) is 0 Å². The molecule has 0 radical (unpaired) electrons. The highest BCUT2D eigenvalue weighted by Crippen LogP contribution is 2.20. The predicted molar refractivity (Wildman–Crippen MR) is 49.8 cm³/mol. The molecule has 1 nitrogen and oxygen atoms in total. The lowest BCUT2D eigenvalue weighted by Gasteiger charge is -2.17. The molecule has 2 atom stereocenters. The molecule has 0 saturated carbocycles. The largest absolute Gasteiger partial charge is 0.278 e. The Kier molecular flexibility index (Phi) is 5.84. The SMILES string of the molecule is C=CC[C@H](C)[C@@H](CC)SN. The van der Waals surface area contributed by atoms with Gasteiger partial charge in [-0.05, 0) is 18.8 Å². The summed E-state index contributed by atoms with van der Waals surface area (Å²) >= 11 is 1.47. The molecule has 0 fully saturated rings. The minimum absolute atomic E-state index is 0.595. The third kappa shape index (κ3) is 3.28. The van der Waals surface area contributed by atoms with Gasteiger partial charge in [-0.1, -0.05) is 31.9 Å². The molecule has 0 aromatic heterocycles. The van der Waals surface area contributed by atoms with E-state index in [0.29, 0.717) is 11.2 Å². The zero-order chi connectivity index (χ0) is 7.98. The summed E-state index contributed by atoms with van der Waals surface area (Å²) < 4.78 is 0. The van der Waals surface area contributed by atoms with Gasteiger partial charge in [-0.2, -0.15) is 0 Å². The van der Waals surface area contributed by atoms with E-state index in [0.717, 1.165) is 12.8 Å². The van der Waals surface area contributed by atoms with E-state index in [-0.39, 0.29) is 0 Å². The van der Waals surface area contributed by atoms with Crippen LogP contribution in [-0.2, 0) is 0 Å². The van der Waals surface area contributed by atoms with E-state index in [1.807, 2.05) is 6.08 Å². The molecule has 0 unspecified atom stereocenters. The number of hydrogen-bond acceptors (Lipinski definition) is 2. The molecule has 0 amide bonds. The van der Waals surface area contributed by atoms with E-state index in [1.165, 1.54) is 11.9 Å². The maximum atomic E-state index is 5.50. The average molecular weight is 159 g/mol. The summed E-state index contributed by atoms with van der Waals surface area (Å²) in [6.45, 7) is 8.09. The van der Waals surface area contributed by atoms with Crippen molar-refractivity contribution >= 4 is 11.9 Å². The van der Waals surface area contributed by atoms with E-state index in [4.69, 9.17) is 5.14 Å². The topological polar surface area (TPSA) is 26.0 Å². The van der Waals surface area contributed by atoms with Crippen LogP contribution in [0.3, 0.4) is 0 Å². The quantitative estimate of drug-likeness (QED) is 0.493. The van der Waals surface area contributed by atoms with Crippen molar-refractivity contribution in [2.45, 2.75) is 31.9 Å². The van der Waals surface area contributed by atoms with Crippen molar-refractivity contribution in [1.29, 1.82) is 0 Å². The first kappa shape index (κ1) is 10.0. The lowest BCUT2D eigenvalue weighted by Crippen LogP contribution is -2.14. The molecule has 0 bridgehead atoms. The molecule has 0 saturated heterocycles. The van der Waals surface area contributed by atoms with E-state index in [1.54, 1.807) is 0 Å². The van der Waals surface area contributed by atoms with Crippen molar-refractivity contribution in [2.75, 3.05) is 0 Å². The van der Waals surface area contributed by atoms with Crippen LogP contribution in [0, 0.1) is 5.92 Å². The van der Waals surface area contributed by atoms with Crippen LogP contribution in [0.15, 0.2) is 12.7 Å². The molecule has 2 N–H and O–H groups in total. The standard InChI is InChI=1S/C8H17NS/c1-4-6-7(3)8(5-2)10-9/h4,7-8H,1,5-6,9H2,2-3H3/t7-,8+/m0/s1. The second-order valence-corrected chi connectivity index (χ2v) is 3.46. The highest BCUT2D eigenvalue weighted by atomic mass is 32.2. The summed E-state index contributed by atoms with van der Waals surface area (Å²) in [4.78, 5) is 0. The van der Waals surface area contributed by atoms with E-state index in [2.05, 4.69) is 20.4 Å². The van der Waals surface area contributed by atoms with Crippen LogP contribution in [0.4, 0.5) is 0 Å². The first-order valence-corrected chi connectivity index (χ1v) is 4.66. The van der Waals surface area contributed by atoms with Crippen molar-refractivity contribution in [3.8, 4) is 0 Å². The molecule has 60 valence electrons. The maximum Gasteiger partial charge on any atom is 0.0216 e. The molecule has 0 heterocycles. The smallest absolute Gasteiger partial charge is 0.0216 e. The molecule has 0 aliphatic rings. The molecule has 0 rings (SSSR count). The van der Waals surface area contributed by atoms with Gasteiger partial charge in [0.05, 0.1) is 0 Å². The fraction of sp³-hybridized carbons (Fsp3) is 0.750. The van der Waals surface area contributed by atoms with Crippen LogP contribution in [0.1, 0.15) is 26.7 Å². The fourth-order valence-corrected chi connectivity index (χ4v) is 1.62. The minimum atomic E-state index is 0.595. The van der Waals surface area contributed by atoms with Gasteiger partial charge in [-0.25, -0.2) is 0 Å². The Labute approximate surface area is 68.2 Å². The molecule has 0 aliphatic carbocycles. The van der Waals surface area contributed by atoms with Crippen molar-refractivity contribution in [3.63, 3.8) is 0 Å². The molecular formula is C8H17NS. The van der Waals surface area contributed by atoms with Crippen LogP contribution < -0.4 is 5.14 Å². The van der Waals surface area contributed by atoms with Gasteiger partial charge in [0.25, 0.3) is 0 Å². The molecule has 0 aromatic rings. The first-order chi connectivity index (χ1) is 4.76. The molecule has 0 spiro atoms. The summed E-state index contributed by atoms with van der Waals surface area (Å²) in [5.41, 5.74) is 0. The number of allylic oxidation sites excluding steroid dienone is 1. The summed E-state index contributed by atoms with van der Waals surface area (Å²) in [5.74, 6) is 0.664. The Morgan fingerprint density at radius 2 is 2.30 bits per heavy atom. The number of hydrogen-bond donors (Lipinski definition) is 1. The van der Waals surface area contributed by atoms with Gasteiger partial charge in [0.2, 0.25) is 0 Å². The first-order valence-electron chi connectivity index (χ1n) is 3.72. The number of rotatable bonds is 5. The molecule has 0 aromatic carbocycles. The Morgan fingerprint density at radius 3 is 2.60 bits per heavy atom. The molecule has 2 heteroatoms. The Morgan fingerprint density at radius 1 is 1.70 bits per heavy atom. The lowest BCUT2D eigenvalue weighted by atomic mass is 10.0. The number of nitrogens with two attached hydrogens (primary N) is 1. The van der Waals surface area contributed by atoms with E-state index < -0.39 is 0 Å². The van der Waals surface area contributed by atoms with Gasteiger partial charge in [0.15, 0.2) is 0 Å². The summed E-state index contributed by atoms with van der Waals surface area (Å²) in [6.07, 6.45) is 4.18. The highest BCUT2D eigenvalue weighted by molar-refractivity contribution is 7.97. The third-order valence-corrected chi connectivity index (χ3v) is 2.90. The minimum Gasteiger partial charge on any atom is -0.278 e. The normalized spacial score (nSPS) is 16.3. The van der Waals surface area contributed by atoms with Crippen molar-refractivity contribution < 1.29 is 0 Å². The van der Waals surface area contributed by atoms with Gasteiger partial charge in [-0.15, -0.1) is 6.58 Å². The van der Waals surface area contributed by atoms with E-state index in [9.17, 15) is 0 Å². The van der Waals surface area contributed by atoms with Crippen LogP contribution >= 0.6 is 11.9 Å². The fourth-order valence-electron chi connectivity index (χ4n) is 1.05. The third-order valence-electron chi connectivity index (χ3n) is 1.75. The van der Waals surface area contributed by atoms with Gasteiger partial charge in [-0.3, -0.25) is 5.14 Å². The monoisotopic (exact) mass is 159 g/mol. The van der Waals surface area contributed by atoms with Crippen molar-refractivity contribution in [3.05, 3.63) is 12.7 Å². The Bertz CT molecular complexity index is 89.3. The predicted octanol–water partition coefficient (Wildman–Crippen LogP) is 2.58. The zero-order valence-corrected chi connectivity index (χ0v) is 7.66. The maximum absolute atomic E-state index is 5.50. The van der Waals surface area contributed by atoms with Crippen LogP contribution in [-0.4, -0.2) is 5.25 Å². The second-order valence-electron chi connectivity index (χ2n) is 2.58. The average Bonchev–Trinajstić information content (AvgIpc) is 1.91. The summed E-state index contributed by atoms with van der Waals surface area (Å²) in [6, 6.07) is 0. The van der Waals surface area contributed by atoms with Crippen LogP contribution in [0.2, 0.25) is 0 Å². The Balaban J connectivity index is 3.63. The Hall–Kier alpha value is 0.0500. The molecule has 0 aliphatic heterocycles. The van der Waals surface area contributed by atoms with Gasteiger partial charge < -0.3 is 0 Å². The lowest BCUT2D eigenvalue weighted by molar-refractivity contribution is 0.549. The molecular weight excluding hydrogens is 142 g/mol. The summed E-state index contributed by atoms with van der Waals surface area (Å²) in [7, 11) is 0. The van der Waals surface area contributed by atoms with Crippen molar-refractivity contribution in [1.82, 2.24) is 0 Å². The second kappa shape index (κ2) is 5.81. The summed E-state index contributed by atoms with van der Waals surface area (Å²) in [5, 5.41) is 6.09. The van der Waals surface area contributed by atoms with Gasteiger partial charge in [0, 0.05) is 5.25 Å². The van der Waals surface area contributed by atoms with Crippen LogP contribution in [0.25, 0.3) is 0 Å². The highest BCUT2D eigenvalue weighted by Gasteiger charge is 2.12. The zero-order valence-electron chi connectivity index (χ0n) is 6.84. The van der Waals surface area contributed by atoms with E-state index >= 15 is 0 Å².